The smallest absolute Gasteiger partial charge is 0.435 e. The van der Waals surface area contributed by atoms with Gasteiger partial charge >= 0.3 is 12.1 Å². The van der Waals surface area contributed by atoms with Gasteiger partial charge in [0.15, 0.2) is 5.69 Å². The summed E-state index contributed by atoms with van der Waals surface area (Å²) in [4.78, 5) is 11.3. The Morgan fingerprint density at radius 3 is 2.68 bits per heavy atom. The zero-order valence-corrected chi connectivity index (χ0v) is 10.7. The minimum atomic E-state index is -4.45. The maximum absolute atomic E-state index is 12.7. The van der Waals surface area contributed by atoms with Crippen molar-refractivity contribution in [2.24, 2.45) is 5.92 Å². The van der Waals surface area contributed by atoms with Crippen LogP contribution in [0, 0.1) is 5.92 Å². The van der Waals surface area contributed by atoms with Crippen molar-refractivity contribution in [2.45, 2.75) is 38.4 Å². The zero-order valence-electron chi connectivity index (χ0n) is 10.7. The van der Waals surface area contributed by atoms with Gasteiger partial charge in [0.05, 0.1) is 19.6 Å². The van der Waals surface area contributed by atoms with Gasteiger partial charge in [-0.15, -0.1) is 0 Å². The molecule has 0 amide bonds. The van der Waals surface area contributed by atoms with E-state index in [4.69, 9.17) is 0 Å². The van der Waals surface area contributed by atoms with E-state index in [9.17, 15) is 18.0 Å². The van der Waals surface area contributed by atoms with Gasteiger partial charge in [-0.1, -0.05) is 6.92 Å². The van der Waals surface area contributed by atoms with Gasteiger partial charge in [-0.25, -0.2) is 0 Å². The number of rotatable bonds is 4. The van der Waals surface area contributed by atoms with Crippen molar-refractivity contribution < 1.29 is 22.7 Å². The molecule has 0 aromatic carbocycles. The van der Waals surface area contributed by atoms with Crippen LogP contribution >= 0.6 is 0 Å². The summed E-state index contributed by atoms with van der Waals surface area (Å²) in [6.07, 6.45) is -2.71. The summed E-state index contributed by atoms with van der Waals surface area (Å²) >= 11 is 0. The number of hydrogen-bond donors (Lipinski definition) is 0. The summed E-state index contributed by atoms with van der Waals surface area (Å²) in [6, 6.07) is 1.08. The van der Waals surface area contributed by atoms with E-state index in [1.54, 1.807) is 6.92 Å². The molecule has 1 saturated carbocycles. The summed E-state index contributed by atoms with van der Waals surface area (Å²) < 4.78 is 43.8. The lowest BCUT2D eigenvalue weighted by Crippen LogP contribution is -2.21. The third-order valence-corrected chi connectivity index (χ3v) is 3.15. The third-order valence-electron chi connectivity index (χ3n) is 3.15. The summed E-state index contributed by atoms with van der Waals surface area (Å²) in [5, 5.41) is 3.58. The molecule has 1 atom stereocenters. The van der Waals surface area contributed by atoms with Crippen LogP contribution in [0.2, 0.25) is 0 Å². The fourth-order valence-electron chi connectivity index (χ4n) is 1.96. The average Bonchev–Trinajstić information content (AvgIpc) is 3.08. The van der Waals surface area contributed by atoms with E-state index in [0.29, 0.717) is 5.69 Å². The maximum atomic E-state index is 12.7. The minimum absolute atomic E-state index is 0.106. The van der Waals surface area contributed by atoms with Gasteiger partial charge in [0.25, 0.3) is 0 Å². The van der Waals surface area contributed by atoms with Crippen molar-refractivity contribution in [1.29, 1.82) is 0 Å². The molecular weight excluding hydrogens is 261 g/mol. The Hall–Kier alpha value is -1.53. The highest BCUT2D eigenvalue weighted by molar-refractivity contribution is 5.71. The van der Waals surface area contributed by atoms with Gasteiger partial charge < -0.3 is 4.74 Å². The third kappa shape index (κ3) is 3.08. The van der Waals surface area contributed by atoms with E-state index in [1.807, 2.05) is 0 Å². The van der Waals surface area contributed by atoms with Crippen molar-refractivity contribution >= 4 is 5.97 Å². The number of alkyl halides is 3. The van der Waals surface area contributed by atoms with E-state index in [-0.39, 0.29) is 12.5 Å². The molecule has 0 bridgehead atoms. The minimum Gasteiger partial charge on any atom is -0.469 e. The fraction of sp³-hybridized carbons (Fsp3) is 0.667. The number of carbonyl (C=O) groups excluding carboxylic acids is 1. The molecule has 0 radical (unpaired) electrons. The summed E-state index contributed by atoms with van der Waals surface area (Å²) in [7, 11) is 1.25. The van der Waals surface area contributed by atoms with E-state index < -0.39 is 23.8 Å². The second-order valence-electron chi connectivity index (χ2n) is 4.83. The second kappa shape index (κ2) is 4.86. The maximum Gasteiger partial charge on any atom is 0.435 e. The zero-order chi connectivity index (χ0) is 14.2. The van der Waals surface area contributed by atoms with Crippen molar-refractivity contribution in [3.63, 3.8) is 0 Å². The number of nitrogens with zero attached hydrogens (tertiary/aromatic N) is 2. The van der Waals surface area contributed by atoms with Crippen LogP contribution in [0.3, 0.4) is 0 Å². The summed E-state index contributed by atoms with van der Waals surface area (Å²) in [5.74, 6) is -0.845. The highest BCUT2D eigenvalue weighted by atomic mass is 19.4. The normalized spacial score (nSPS) is 17.3. The molecule has 7 heteroatoms. The molecule has 1 aromatic heterocycles. The molecule has 4 nitrogen and oxygen atoms in total. The topological polar surface area (TPSA) is 44.1 Å². The van der Waals surface area contributed by atoms with Gasteiger partial charge in [-0.05, 0) is 18.9 Å². The van der Waals surface area contributed by atoms with Crippen LogP contribution in [0.4, 0.5) is 13.2 Å². The molecular formula is C12H15F3N2O2. The number of ether oxygens (including phenoxy) is 1. The Labute approximate surface area is 108 Å². The molecule has 0 saturated heterocycles. The molecule has 0 aliphatic heterocycles. The predicted molar refractivity (Wildman–Crippen MR) is 60.4 cm³/mol. The van der Waals surface area contributed by atoms with Crippen LogP contribution in [-0.4, -0.2) is 22.9 Å². The SMILES string of the molecule is COC(=O)C(C)Cn1nc(C(F)(F)F)cc1C1CC1. The molecule has 1 aliphatic rings. The number of aromatic nitrogens is 2. The predicted octanol–water partition coefficient (Wildman–Crippen LogP) is 2.59. The molecule has 0 N–H and O–H groups in total. The second-order valence-corrected chi connectivity index (χ2v) is 4.83. The molecule has 1 aliphatic carbocycles. The Balaban J connectivity index is 2.23. The molecule has 106 valence electrons. The van der Waals surface area contributed by atoms with Crippen LogP contribution in [-0.2, 0) is 22.3 Å². The first-order valence-corrected chi connectivity index (χ1v) is 6.05. The van der Waals surface area contributed by atoms with Gasteiger partial charge in [0.1, 0.15) is 0 Å². The number of carbonyl (C=O) groups is 1. The highest BCUT2D eigenvalue weighted by Crippen LogP contribution is 2.42. The van der Waals surface area contributed by atoms with Crippen LogP contribution < -0.4 is 0 Å². The standard InChI is InChI=1S/C12H15F3N2O2/c1-7(11(18)19-2)6-17-9(8-3-4-8)5-10(16-17)12(13,14)15/h5,7-8H,3-4,6H2,1-2H3. The van der Waals surface area contributed by atoms with Gasteiger partial charge in [-0.2, -0.15) is 18.3 Å². The Kier molecular flexibility index (Phi) is 3.56. The highest BCUT2D eigenvalue weighted by Gasteiger charge is 2.38. The fourth-order valence-corrected chi connectivity index (χ4v) is 1.96. The molecule has 1 aromatic rings. The van der Waals surface area contributed by atoms with Crippen molar-refractivity contribution in [3.05, 3.63) is 17.5 Å². The Morgan fingerprint density at radius 1 is 1.58 bits per heavy atom. The largest absolute Gasteiger partial charge is 0.469 e. The van der Waals surface area contributed by atoms with Crippen LogP contribution in [0.25, 0.3) is 0 Å². The summed E-state index contributed by atoms with van der Waals surface area (Å²) in [5.41, 5.74) is -0.338. The van der Waals surface area contributed by atoms with Crippen molar-refractivity contribution in [3.8, 4) is 0 Å². The average molecular weight is 276 g/mol. The van der Waals surface area contributed by atoms with E-state index >= 15 is 0 Å². The first-order chi connectivity index (χ1) is 8.82. The molecule has 1 heterocycles. The van der Waals surface area contributed by atoms with E-state index in [2.05, 4.69) is 9.84 Å². The van der Waals surface area contributed by atoms with Gasteiger partial charge in [0.2, 0.25) is 0 Å². The summed E-state index contributed by atoms with van der Waals surface area (Å²) in [6.45, 7) is 1.71. The number of halogens is 3. The lowest BCUT2D eigenvalue weighted by Gasteiger charge is -2.11. The quantitative estimate of drug-likeness (QED) is 0.794. The Morgan fingerprint density at radius 2 is 2.21 bits per heavy atom. The monoisotopic (exact) mass is 276 g/mol. The molecule has 1 unspecified atom stereocenters. The van der Waals surface area contributed by atoms with Gasteiger partial charge in [0, 0.05) is 11.6 Å². The molecule has 1 fully saturated rings. The number of methoxy groups -OCH3 is 1. The van der Waals surface area contributed by atoms with Crippen molar-refractivity contribution in [1.82, 2.24) is 9.78 Å². The van der Waals surface area contributed by atoms with Crippen LogP contribution in [0.5, 0.6) is 0 Å². The Bertz CT molecular complexity index is 478. The van der Waals surface area contributed by atoms with E-state index in [1.165, 1.54) is 11.8 Å². The lowest BCUT2D eigenvalue weighted by atomic mass is 10.2. The number of esters is 1. The van der Waals surface area contributed by atoms with Gasteiger partial charge in [-0.3, -0.25) is 9.48 Å². The number of hydrogen-bond acceptors (Lipinski definition) is 3. The van der Waals surface area contributed by atoms with Crippen molar-refractivity contribution in [2.75, 3.05) is 7.11 Å². The molecule has 2 rings (SSSR count). The lowest BCUT2D eigenvalue weighted by molar-refractivity contribution is -0.145. The first-order valence-electron chi connectivity index (χ1n) is 6.05. The first kappa shape index (κ1) is 13.9. The molecule has 19 heavy (non-hydrogen) atoms. The molecule has 0 spiro atoms. The van der Waals surface area contributed by atoms with Crippen LogP contribution in [0.15, 0.2) is 6.07 Å². The van der Waals surface area contributed by atoms with E-state index in [0.717, 1.165) is 18.9 Å². The van der Waals surface area contributed by atoms with Crippen LogP contribution in [0.1, 0.15) is 37.1 Å².